The minimum absolute atomic E-state index is 0.0248. The maximum absolute atomic E-state index is 12.7. The van der Waals surface area contributed by atoms with Crippen LogP contribution in [0.4, 0.5) is 0 Å². The summed E-state index contributed by atoms with van der Waals surface area (Å²) < 4.78 is 11.8. The fourth-order valence-electron chi connectivity index (χ4n) is 3.60. The second-order valence-corrected chi connectivity index (χ2v) is 10.3. The second-order valence-electron chi connectivity index (χ2n) is 8.87. The number of fused-ring (bicyclic) bond motifs is 1. The van der Waals surface area contributed by atoms with Crippen molar-refractivity contribution in [2.45, 2.75) is 40.0 Å². The highest BCUT2D eigenvalue weighted by Gasteiger charge is 2.36. The molecule has 0 radical (unpaired) electrons. The Hall–Kier alpha value is -3.10. The van der Waals surface area contributed by atoms with Gasteiger partial charge in [-0.15, -0.1) is 0 Å². The molecule has 1 atom stereocenters. The summed E-state index contributed by atoms with van der Waals surface area (Å²) in [6.45, 7) is 9.04. The van der Waals surface area contributed by atoms with Crippen LogP contribution in [0.5, 0.6) is 11.5 Å². The highest BCUT2D eigenvalue weighted by molar-refractivity contribution is 8.27. The summed E-state index contributed by atoms with van der Waals surface area (Å²) in [5, 5.41) is 16.1. The van der Waals surface area contributed by atoms with Gasteiger partial charge < -0.3 is 9.47 Å². The molecule has 1 unspecified atom stereocenters. The van der Waals surface area contributed by atoms with E-state index in [4.69, 9.17) is 26.5 Å². The lowest BCUT2D eigenvalue weighted by atomic mass is 9.99. The number of carbonyl (C=O) groups is 1. The zero-order valence-corrected chi connectivity index (χ0v) is 22.3. The van der Waals surface area contributed by atoms with Crippen LogP contribution in [0.1, 0.15) is 51.2 Å². The Labute approximate surface area is 220 Å². The van der Waals surface area contributed by atoms with E-state index in [0.717, 1.165) is 17.2 Å². The quantitative estimate of drug-likeness (QED) is 0.295. The van der Waals surface area contributed by atoms with E-state index >= 15 is 0 Å². The van der Waals surface area contributed by atoms with Gasteiger partial charge in [0.25, 0.3) is 5.91 Å². The van der Waals surface area contributed by atoms with Gasteiger partial charge in [-0.2, -0.15) is 15.1 Å². The van der Waals surface area contributed by atoms with Crippen LogP contribution in [0.3, 0.4) is 0 Å². The van der Waals surface area contributed by atoms with E-state index in [0.29, 0.717) is 40.6 Å². The summed E-state index contributed by atoms with van der Waals surface area (Å²) >= 11 is 7.54. The van der Waals surface area contributed by atoms with Gasteiger partial charge in [0.05, 0.1) is 5.57 Å². The molecule has 188 valence electrons. The number of amides is 1. The van der Waals surface area contributed by atoms with Gasteiger partial charge in [-0.05, 0) is 66.1 Å². The summed E-state index contributed by atoms with van der Waals surface area (Å²) in [7, 11) is 0. The predicted molar refractivity (Wildman–Crippen MR) is 147 cm³/mol. The molecule has 0 bridgehead atoms. The zero-order chi connectivity index (χ0) is 25.8. The SMILES string of the molecule is CCC(C)c1ccc(OCCOc2ccc(Cl)cc2/C=C2/C(=N)N3N=C(C(C)C)SC3=NC2=O)cc1. The molecule has 2 aliphatic heterocycles. The Morgan fingerprint density at radius 3 is 2.53 bits per heavy atom. The van der Waals surface area contributed by atoms with Gasteiger partial charge in [-0.25, -0.2) is 0 Å². The van der Waals surface area contributed by atoms with Gasteiger partial charge in [-0.3, -0.25) is 10.2 Å². The van der Waals surface area contributed by atoms with Crippen LogP contribution in [0.2, 0.25) is 5.02 Å². The Morgan fingerprint density at radius 2 is 1.83 bits per heavy atom. The largest absolute Gasteiger partial charge is 0.490 e. The molecule has 0 aromatic heterocycles. The molecule has 1 N–H and O–H groups in total. The number of hydrogen-bond acceptors (Lipinski definition) is 6. The second kappa shape index (κ2) is 11.3. The highest BCUT2D eigenvalue weighted by Crippen LogP contribution is 2.32. The number of carbonyl (C=O) groups excluding carboxylic acids is 1. The Bertz CT molecular complexity index is 1250. The summed E-state index contributed by atoms with van der Waals surface area (Å²) in [5.41, 5.74) is 1.99. The number of aliphatic imine (C=N–C) groups is 1. The van der Waals surface area contributed by atoms with Gasteiger partial charge in [0, 0.05) is 16.5 Å². The molecule has 2 aromatic rings. The fraction of sp³-hybridized carbons (Fsp3) is 0.333. The summed E-state index contributed by atoms with van der Waals surface area (Å²) in [6, 6.07) is 13.3. The van der Waals surface area contributed by atoms with Crippen LogP contribution in [0.25, 0.3) is 6.08 Å². The Balaban J connectivity index is 1.45. The monoisotopic (exact) mass is 524 g/mol. The summed E-state index contributed by atoms with van der Waals surface area (Å²) in [5.74, 6) is 1.48. The van der Waals surface area contributed by atoms with E-state index < -0.39 is 5.91 Å². The smallest absolute Gasteiger partial charge is 0.283 e. The van der Waals surface area contributed by atoms with Crippen LogP contribution < -0.4 is 9.47 Å². The molecule has 0 aliphatic carbocycles. The molecule has 2 aromatic carbocycles. The van der Waals surface area contributed by atoms with Crippen LogP contribution in [0.15, 0.2) is 58.1 Å². The van der Waals surface area contributed by atoms with Crippen molar-refractivity contribution in [3.8, 4) is 11.5 Å². The average Bonchev–Trinajstić information content (AvgIpc) is 3.30. The number of halogens is 1. The average molecular weight is 525 g/mol. The third-order valence-electron chi connectivity index (χ3n) is 5.91. The maximum atomic E-state index is 12.7. The lowest BCUT2D eigenvalue weighted by Crippen LogP contribution is -2.35. The number of rotatable bonds is 9. The van der Waals surface area contributed by atoms with Crippen LogP contribution in [-0.4, -0.2) is 40.2 Å². The van der Waals surface area contributed by atoms with Crippen molar-refractivity contribution in [3.05, 3.63) is 64.2 Å². The van der Waals surface area contributed by atoms with Crippen molar-refractivity contribution in [2.24, 2.45) is 16.0 Å². The minimum Gasteiger partial charge on any atom is -0.490 e. The standard InChI is InChI=1S/C27H29ClN4O3S/c1-5-17(4)18-6-9-21(10-7-18)34-12-13-35-23-11-8-20(28)14-19(23)15-22-24(29)32-27(30-25(22)33)36-26(31-32)16(2)3/h6-11,14-17,29H,5,12-13H2,1-4H3/b22-15-,29-24?. The van der Waals surface area contributed by atoms with E-state index in [1.165, 1.54) is 22.3 Å². The molecular weight excluding hydrogens is 496 g/mol. The highest BCUT2D eigenvalue weighted by atomic mass is 35.5. The first-order valence-electron chi connectivity index (χ1n) is 11.9. The number of benzene rings is 2. The molecule has 2 heterocycles. The van der Waals surface area contributed by atoms with Crippen molar-refractivity contribution in [1.82, 2.24) is 5.01 Å². The van der Waals surface area contributed by atoms with Crippen LogP contribution >= 0.6 is 23.4 Å². The van der Waals surface area contributed by atoms with Gasteiger partial charge >= 0.3 is 0 Å². The summed E-state index contributed by atoms with van der Waals surface area (Å²) in [6.07, 6.45) is 2.67. The fourth-order valence-corrected chi connectivity index (χ4v) is 4.67. The molecule has 36 heavy (non-hydrogen) atoms. The molecule has 9 heteroatoms. The van der Waals surface area contributed by atoms with E-state index in [9.17, 15) is 4.79 Å². The number of nitrogens with one attached hydrogen (secondary N) is 1. The number of amidine groups is 2. The van der Waals surface area contributed by atoms with Gasteiger partial charge in [0.2, 0.25) is 5.17 Å². The Kier molecular flexibility index (Phi) is 8.16. The predicted octanol–water partition coefficient (Wildman–Crippen LogP) is 6.59. The Morgan fingerprint density at radius 1 is 1.11 bits per heavy atom. The van der Waals surface area contributed by atoms with Crippen LogP contribution in [-0.2, 0) is 4.79 Å². The van der Waals surface area contributed by atoms with Crippen LogP contribution in [0, 0.1) is 11.3 Å². The first-order valence-corrected chi connectivity index (χ1v) is 13.1. The topological polar surface area (TPSA) is 87.3 Å². The summed E-state index contributed by atoms with van der Waals surface area (Å²) in [4.78, 5) is 16.9. The third-order valence-corrected chi connectivity index (χ3v) is 7.35. The molecule has 2 aliphatic rings. The van der Waals surface area contributed by atoms with E-state index in [-0.39, 0.29) is 17.3 Å². The minimum atomic E-state index is -0.492. The van der Waals surface area contributed by atoms with Crippen molar-refractivity contribution in [1.29, 1.82) is 5.41 Å². The first-order chi connectivity index (χ1) is 17.3. The molecule has 7 nitrogen and oxygen atoms in total. The van der Waals surface area contributed by atoms with E-state index in [2.05, 4.69) is 36.1 Å². The van der Waals surface area contributed by atoms with Gasteiger partial charge in [-0.1, -0.05) is 51.4 Å². The van der Waals surface area contributed by atoms with Gasteiger partial charge in [0.1, 0.15) is 29.8 Å². The molecule has 0 saturated heterocycles. The number of ether oxygens (including phenoxy) is 2. The van der Waals surface area contributed by atoms with Crippen molar-refractivity contribution >= 4 is 51.4 Å². The van der Waals surface area contributed by atoms with E-state index in [1.807, 2.05) is 26.0 Å². The van der Waals surface area contributed by atoms with Crippen molar-refractivity contribution < 1.29 is 14.3 Å². The molecular formula is C27H29ClN4O3S. The molecule has 0 fully saturated rings. The van der Waals surface area contributed by atoms with Crippen molar-refractivity contribution in [2.75, 3.05) is 13.2 Å². The normalized spacial score (nSPS) is 17.3. The third kappa shape index (κ3) is 5.82. The molecule has 1 amide bonds. The van der Waals surface area contributed by atoms with Gasteiger partial charge in [0.15, 0.2) is 5.84 Å². The number of hydrogen-bond donors (Lipinski definition) is 1. The number of hydrazone groups is 1. The molecule has 0 saturated carbocycles. The lowest BCUT2D eigenvalue weighted by molar-refractivity contribution is -0.114. The maximum Gasteiger partial charge on any atom is 0.283 e. The molecule has 0 spiro atoms. The number of nitrogens with zero attached hydrogens (tertiary/aromatic N) is 3. The number of thioether (sulfide) groups is 1. The molecule has 4 rings (SSSR count). The zero-order valence-electron chi connectivity index (χ0n) is 20.7. The lowest BCUT2D eigenvalue weighted by Gasteiger charge is -2.20. The van der Waals surface area contributed by atoms with E-state index in [1.54, 1.807) is 24.3 Å². The van der Waals surface area contributed by atoms with Crippen molar-refractivity contribution in [3.63, 3.8) is 0 Å². The first kappa shape index (κ1) is 26.0.